The Labute approximate surface area is 142 Å². The molecule has 0 aliphatic carbocycles. The van der Waals surface area contributed by atoms with Crippen LogP contribution in [0, 0.1) is 0 Å². The maximum absolute atomic E-state index is 12.9. The third-order valence-electron chi connectivity index (χ3n) is 4.44. The van der Waals surface area contributed by atoms with Gasteiger partial charge in [-0.25, -0.2) is 0 Å². The van der Waals surface area contributed by atoms with Crippen LogP contribution in [-0.2, 0) is 18.3 Å². The van der Waals surface area contributed by atoms with Crippen LogP contribution in [0.2, 0.25) is 0 Å². The molecule has 1 aliphatic rings. The second-order valence-corrected chi connectivity index (χ2v) is 6.80. The summed E-state index contributed by atoms with van der Waals surface area (Å²) >= 11 is 0. The highest BCUT2D eigenvalue weighted by Gasteiger charge is 2.30. The summed E-state index contributed by atoms with van der Waals surface area (Å²) in [5, 5.41) is 8.29. The topological polar surface area (TPSA) is 77.1 Å². The molecule has 0 N–H and O–H groups in total. The Balaban J connectivity index is 1.79. The number of aromatic nitrogens is 4. The molecular formula is C17H25N5O2. The van der Waals surface area contributed by atoms with E-state index in [1.54, 1.807) is 10.9 Å². The van der Waals surface area contributed by atoms with Crippen molar-refractivity contribution in [2.24, 2.45) is 7.05 Å². The molecule has 2 aromatic rings. The third-order valence-corrected chi connectivity index (χ3v) is 4.44. The number of hydrogen-bond donors (Lipinski definition) is 0. The average molecular weight is 331 g/mol. The Morgan fingerprint density at radius 1 is 1.38 bits per heavy atom. The van der Waals surface area contributed by atoms with Gasteiger partial charge < -0.3 is 9.42 Å². The number of carbonyl (C=O) groups excluding carboxylic acids is 1. The number of hydrogen-bond acceptors (Lipinski definition) is 5. The Morgan fingerprint density at radius 3 is 2.88 bits per heavy atom. The number of aryl methyl sites for hydroxylation is 1. The molecule has 7 nitrogen and oxygen atoms in total. The van der Waals surface area contributed by atoms with Crippen LogP contribution in [0.25, 0.3) is 0 Å². The Morgan fingerprint density at radius 2 is 2.21 bits per heavy atom. The number of rotatable bonds is 4. The van der Waals surface area contributed by atoms with Gasteiger partial charge in [0.25, 0.3) is 0 Å². The molecule has 0 bridgehead atoms. The van der Waals surface area contributed by atoms with Gasteiger partial charge in [-0.2, -0.15) is 10.1 Å². The van der Waals surface area contributed by atoms with Gasteiger partial charge in [0.15, 0.2) is 5.82 Å². The van der Waals surface area contributed by atoms with E-state index in [1.165, 1.54) is 0 Å². The summed E-state index contributed by atoms with van der Waals surface area (Å²) in [6.07, 6.45) is 8.10. The molecule has 0 saturated carbocycles. The predicted molar refractivity (Wildman–Crippen MR) is 88.2 cm³/mol. The van der Waals surface area contributed by atoms with Crippen molar-refractivity contribution < 1.29 is 9.32 Å². The Kier molecular flexibility index (Phi) is 4.97. The molecule has 1 atom stereocenters. The van der Waals surface area contributed by atoms with Gasteiger partial charge in [-0.3, -0.25) is 9.48 Å². The van der Waals surface area contributed by atoms with E-state index < -0.39 is 0 Å². The maximum atomic E-state index is 12.9. The van der Waals surface area contributed by atoms with Gasteiger partial charge in [0, 0.05) is 25.7 Å². The van der Waals surface area contributed by atoms with Gasteiger partial charge in [-0.05, 0) is 18.4 Å². The molecule has 7 heteroatoms. The smallest absolute Gasteiger partial charge is 0.229 e. The zero-order valence-electron chi connectivity index (χ0n) is 14.6. The summed E-state index contributed by atoms with van der Waals surface area (Å²) in [5.74, 6) is 1.57. The summed E-state index contributed by atoms with van der Waals surface area (Å²) in [6, 6.07) is -0.0899. The molecule has 0 radical (unpaired) electrons. The van der Waals surface area contributed by atoms with Crippen LogP contribution in [0.3, 0.4) is 0 Å². The number of carbonyl (C=O) groups is 1. The molecule has 1 fully saturated rings. The normalized spacial score (nSPS) is 18.8. The third kappa shape index (κ3) is 3.66. The van der Waals surface area contributed by atoms with Crippen molar-refractivity contribution in [1.82, 2.24) is 24.8 Å². The first-order chi connectivity index (χ1) is 11.5. The SMILES string of the molecule is CC(C)c1nc([C@@H]2CCCCCN2C(=O)Cc2cnn(C)c2)no1. The van der Waals surface area contributed by atoms with Crippen LogP contribution >= 0.6 is 0 Å². The minimum Gasteiger partial charge on any atom is -0.339 e. The van der Waals surface area contributed by atoms with Crippen molar-refractivity contribution in [2.45, 2.75) is 57.9 Å². The first kappa shape index (κ1) is 16.7. The highest BCUT2D eigenvalue weighted by molar-refractivity contribution is 5.79. The zero-order valence-corrected chi connectivity index (χ0v) is 14.6. The molecule has 1 aliphatic heterocycles. The minimum atomic E-state index is -0.0899. The van der Waals surface area contributed by atoms with Crippen LogP contribution in [0.4, 0.5) is 0 Å². The summed E-state index contributed by atoms with van der Waals surface area (Å²) in [5.41, 5.74) is 0.932. The van der Waals surface area contributed by atoms with Crippen LogP contribution in [0.1, 0.15) is 68.8 Å². The fourth-order valence-electron chi connectivity index (χ4n) is 3.13. The van der Waals surface area contributed by atoms with E-state index in [1.807, 2.05) is 32.0 Å². The lowest BCUT2D eigenvalue weighted by atomic mass is 10.1. The summed E-state index contributed by atoms with van der Waals surface area (Å²) in [6.45, 7) is 4.79. The van der Waals surface area contributed by atoms with Crippen LogP contribution in [0.15, 0.2) is 16.9 Å². The number of amides is 1. The van der Waals surface area contributed by atoms with Gasteiger partial charge in [0.2, 0.25) is 11.8 Å². The van der Waals surface area contributed by atoms with Crippen molar-refractivity contribution in [1.29, 1.82) is 0 Å². The fourth-order valence-corrected chi connectivity index (χ4v) is 3.13. The van der Waals surface area contributed by atoms with E-state index in [4.69, 9.17) is 4.52 Å². The van der Waals surface area contributed by atoms with Crippen LogP contribution in [0.5, 0.6) is 0 Å². The molecule has 1 amide bonds. The van der Waals surface area contributed by atoms with E-state index >= 15 is 0 Å². The van der Waals surface area contributed by atoms with Crippen molar-refractivity contribution in [3.8, 4) is 0 Å². The van der Waals surface area contributed by atoms with Crippen molar-refractivity contribution >= 4 is 5.91 Å². The van der Waals surface area contributed by atoms with Crippen molar-refractivity contribution in [3.05, 3.63) is 29.7 Å². The van der Waals surface area contributed by atoms with Crippen molar-refractivity contribution in [3.63, 3.8) is 0 Å². The van der Waals surface area contributed by atoms with E-state index in [9.17, 15) is 4.79 Å². The minimum absolute atomic E-state index is 0.0899. The molecule has 0 spiro atoms. The van der Waals surface area contributed by atoms with Crippen molar-refractivity contribution in [2.75, 3.05) is 6.54 Å². The van der Waals surface area contributed by atoms with E-state index in [2.05, 4.69) is 15.2 Å². The lowest BCUT2D eigenvalue weighted by molar-refractivity contribution is -0.133. The first-order valence-corrected chi connectivity index (χ1v) is 8.65. The fraction of sp³-hybridized carbons (Fsp3) is 0.647. The van der Waals surface area contributed by atoms with E-state index in [0.29, 0.717) is 18.1 Å². The molecule has 24 heavy (non-hydrogen) atoms. The Hall–Kier alpha value is -2.18. The summed E-state index contributed by atoms with van der Waals surface area (Å²) in [4.78, 5) is 19.3. The zero-order chi connectivity index (χ0) is 17.1. The van der Waals surface area contributed by atoms with Gasteiger partial charge in [-0.1, -0.05) is 31.8 Å². The quantitative estimate of drug-likeness (QED) is 0.860. The molecule has 130 valence electrons. The van der Waals surface area contributed by atoms with Gasteiger partial charge in [0.05, 0.1) is 18.7 Å². The van der Waals surface area contributed by atoms with Crippen LogP contribution in [-0.4, -0.2) is 37.3 Å². The molecule has 0 unspecified atom stereocenters. The number of nitrogens with zero attached hydrogens (tertiary/aromatic N) is 5. The average Bonchev–Trinajstić information content (AvgIpc) is 3.10. The van der Waals surface area contributed by atoms with Crippen LogP contribution < -0.4 is 0 Å². The summed E-state index contributed by atoms with van der Waals surface area (Å²) in [7, 11) is 1.86. The largest absolute Gasteiger partial charge is 0.339 e. The Bertz CT molecular complexity index is 691. The monoisotopic (exact) mass is 331 g/mol. The van der Waals surface area contributed by atoms with Gasteiger partial charge >= 0.3 is 0 Å². The molecule has 0 aromatic carbocycles. The highest BCUT2D eigenvalue weighted by Crippen LogP contribution is 2.29. The summed E-state index contributed by atoms with van der Waals surface area (Å²) < 4.78 is 7.08. The van der Waals surface area contributed by atoms with E-state index in [0.717, 1.165) is 37.8 Å². The molecular weight excluding hydrogens is 306 g/mol. The lowest BCUT2D eigenvalue weighted by Gasteiger charge is -2.27. The molecule has 1 saturated heterocycles. The number of likely N-dealkylation sites (tertiary alicyclic amines) is 1. The standard InChI is InChI=1S/C17H25N5O2/c1-12(2)17-19-16(20-24-17)14-7-5-4-6-8-22(14)15(23)9-13-10-18-21(3)11-13/h10-12,14H,4-9H2,1-3H3/t14-/m0/s1. The maximum Gasteiger partial charge on any atom is 0.229 e. The van der Waals surface area contributed by atoms with Gasteiger partial charge in [-0.15, -0.1) is 0 Å². The second kappa shape index (κ2) is 7.15. The molecule has 3 heterocycles. The highest BCUT2D eigenvalue weighted by atomic mass is 16.5. The first-order valence-electron chi connectivity index (χ1n) is 8.65. The van der Waals surface area contributed by atoms with Gasteiger partial charge in [0.1, 0.15) is 0 Å². The predicted octanol–water partition coefficient (Wildman–Crippen LogP) is 2.61. The lowest BCUT2D eigenvalue weighted by Crippen LogP contribution is -2.36. The molecule has 2 aromatic heterocycles. The van der Waals surface area contributed by atoms with E-state index in [-0.39, 0.29) is 17.9 Å². The second-order valence-electron chi connectivity index (χ2n) is 6.80. The molecule has 3 rings (SSSR count).